The standard InChI is InChI=1S/C15H15F17O4/c1-3-35-7(36-4-2)5(33)6(34)8(16,17)9(18,19)10(20,21)11(22,23)12(24,25)13(26,27)14(28,29)15(30,31)32/h5-7,33-34H,3-4H2,1-2H3/t5-,6-/m1/s1. The highest BCUT2D eigenvalue weighted by molar-refractivity contribution is 5.16. The largest absolute Gasteiger partial charge is 0.460 e. The molecule has 0 aliphatic heterocycles. The van der Waals surface area contributed by atoms with Crippen LogP contribution in [0.1, 0.15) is 13.8 Å². The van der Waals surface area contributed by atoms with Crippen LogP contribution in [-0.4, -0.2) is 89.6 Å². The van der Waals surface area contributed by atoms with Gasteiger partial charge in [0.1, 0.15) is 6.10 Å². The summed E-state index contributed by atoms with van der Waals surface area (Å²) in [6.07, 6.45) is -18.7. The number of alkyl halides is 17. The van der Waals surface area contributed by atoms with Gasteiger partial charge in [0.25, 0.3) is 0 Å². The Bertz CT molecular complexity index is 730. The van der Waals surface area contributed by atoms with E-state index in [0.717, 1.165) is 13.8 Å². The van der Waals surface area contributed by atoms with Crippen LogP contribution < -0.4 is 0 Å². The highest BCUT2D eigenvalue weighted by Gasteiger charge is 2.95. The summed E-state index contributed by atoms with van der Waals surface area (Å²) in [7, 11) is 0. The van der Waals surface area contributed by atoms with Crippen LogP contribution >= 0.6 is 0 Å². The molecule has 21 heteroatoms. The van der Waals surface area contributed by atoms with Crippen LogP contribution in [-0.2, 0) is 9.47 Å². The smallest absolute Gasteiger partial charge is 0.385 e. The maximum Gasteiger partial charge on any atom is 0.460 e. The predicted octanol–water partition coefficient (Wildman–Crippen LogP) is 5.12. The van der Waals surface area contributed by atoms with Gasteiger partial charge in [-0.2, -0.15) is 74.6 Å². The molecule has 0 heterocycles. The first-order valence-corrected chi connectivity index (χ1v) is 8.90. The molecule has 2 atom stereocenters. The minimum atomic E-state index is -8.79. The zero-order valence-corrected chi connectivity index (χ0v) is 17.3. The van der Waals surface area contributed by atoms with E-state index in [1.54, 1.807) is 0 Å². The molecule has 4 nitrogen and oxygen atoms in total. The molecule has 0 amide bonds. The van der Waals surface area contributed by atoms with Gasteiger partial charge in [-0.1, -0.05) is 0 Å². The Morgan fingerprint density at radius 1 is 0.500 bits per heavy atom. The van der Waals surface area contributed by atoms with E-state index in [4.69, 9.17) is 0 Å². The molecule has 36 heavy (non-hydrogen) atoms. The molecule has 0 spiro atoms. The molecule has 0 aromatic heterocycles. The molecule has 0 aliphatic rings. The van der Waals surface area contributed by atoms with Crippen molar-refractivity contribution in [2.45, 2.75) is 80.0 Å². The summed E-state index contributed by atoms with van der Waals surface area (Å²) in [5.41, 5.74) is 0. The average Bonchev–Trinajstić information content (AvgIpc) is 2.70. The quantitative estimate of drug-likeness (QED) is 0.234. The molecular weight excluding hydrogens is 567 g/mol. The fourth-order valence-electron chi connectivity index (χ4n) is 2.30. The summed E-state index contributed by atoms with van der Waals surface area (Å²) in [5, 5.41) is 18.7. The summed E-state index contributed by atoms with van der Waals surface area (Å²) in [6.45, 7) is 0.760. The summed E-state index contributed by atoms with van der Waals surface area (Å²) in [5.74, 6) is -58.4. The van der Waals surface area contributed by atoms with Gasteiger partial charge in [-0.25, -0.2) is 0 Å². The minimum absolute atomic E-state index is 0.640. The number of rotatable bonds is 13. The van der Waals surface area contributed by atoms with Crippen molar-refractivity contribution in [1.82, 2.24) is 0 Å². The predicted molar refractivity (Wildman–Crippen MR) is 79.7 cm³/mol. The monoisotopic (exact) mass is 582 g/mol. The Morgan fingerprint density at radius 3 is 1.06 bits per heavy atom. The van der Waals surface area contributed by atoms with E-state index in [2.05, 4.69) is 9.47 Å². The zero-order chi connectivity index (χ0) is 29.6. The van der Waals surface area contributed by atoms with Crippen LogP contribution in [0, 0.1) is 0 Å². The third-order valence-corrected chi connectivity index (χ3v) is 4.38. The van der Waals surface area contributed by atoms with E-state index in [9.17, 15) is 84.9 Å². The first-order valence-electron chi connectivity index (χ1n) is 8.90. The van der Waals surface area contributed by atoms with Gasteiger partial charge >= 0.3 is 47.6 Å². The van der Waals surface area contributed by atoms with Gasteiger partial charge < -0.3 is 19.7 Å². The fourth-order valence-corrected chi connectivity index (χ4v) is 2.30. The second-order valence-electron chi connectivity index (χ2n) is 6.78. The van der Waals surface area contributed by atoms with Gasteiger partial charge in [0.05, 0.1) is 0 Å². The van der Waals surface area contributed by atoms with E-state index in [0.29, 0.717) is 0 Å². The van der Waals surface area contributed by atoms with Crippen molar-refractivity contribution in [1.29, 1.82) is 0 Å². The van der Waals surface area contributed by atoms with Crippen LogP contribution in [0.3, 0.4) is 0 Å². The Kier molecular flexibility index (Phi) is 9.70. The lowest BCUT2D eigenvalue weighted by atomic mass is 9.86. The van der Waals surface area contributed by atoms with Crippen molar-refractivity contribution in [3.05, 3.63) is 0 Å². The van der Waals surface area contributed by atoms with E-state index in [1.165, 1.54) is 0 Å². The van der Waals surface area contributed by atoms with E-state index >= 15 is 0 Å². The van der Waals surface area contributed by atoms with E-state index in [1.807, 2.05) is 0 Å². The highest BCUT2D eigenvalue weighted by atomic mass is 19.4. The van der Waals surface area contributed by atoms with Crippen molar-refractivity contribution < 1.29 is 94.3 Å². The van der Waals surface area contributed by atoms with Crippen LogP contribution in [0.4, 0.5) is 74.6 Å². The van der Waals surface area contributed by atoms with Gasteiger partial charge in [-0.05, 0) is 13.8 Å². The maximum absolute atomic E-state index is 14.0. The molecule has 0 aliphatic carbocycles. The summed E-state index contributed by atoms with van der Waals surface area (Å²) >= 11 is 0. The van der Waals surface area contributed by atoms with Crippen LogP contribution in [0.2, 0.25) is 0 Å². The number of ether oxygens (including phenoxy) is 2. The SMILES string of the molecule is CCOC(OCC)[C@H](O)[C@@H](O)C(F)(F)C(F)(F)C(F)(F)C(F)(F)C(F)(F)C(F)(F)C(F)(F)C(F)(F)F. The van der Waals surface area contributed by atoms with Gasteiger partial charge in [0.2, 0.25) is 0 Å². The summed E-state index contributed by atoms with van der Waals surface area (Å²) < 4.78 is 234. The van der Waals surface area contributed by atoms with Crippen LogP contribution in [0.5, 0.6) is 0 Å². The number of hydrogen-bond acceptors (Lipinski definition) is 4. The van der Waals surface area contributed by atoms with Crippen molar-refractivity contribution in [3.8, 4) is 0 Å². The lowest BCUT2D eigenvalue weighted by Crippen LogP contribution is -2.75. The molecule has 0 rings (SSSR count). The second kappa shape index (κ2) is 10.1. The van der Waals surface area contributed by atoms with Crippen LogP contribution in [0.25, 0.3) is 0 Å². The number of halogens is 17. The number of hydrogen-bond donors (Lipinski definition) is 2. The topological polar surface area (TPSA) is 58.9 Å². The first-order chi connectivity index (χ1) is 15.6. The average molecular weight is 582 g/mol. The lowest BCUT2D eigenvalue weighted by Gasteiger charge is -2.44. The summed E-state index contributed by atoms with van der Waals surface area (Å²) in [4.78, 5) is 0. The van der Waals surface area contributed by atoms with Crippen molar-refractivity contribution in [3.63, 3.8) is 0 Å². The summed E-state index contributed by atoms with van der Waals surface area (Å²) in [6, 6.07) is 0. The molecule has 0 saturated heterocycles. The van der Waals surface area contributed by atoms with Gasteiger partial charge in [0.15, 0.2) is 12.4 Å². The third kappa shape index (κ3) is 4.91. The van der Waals surface area contributed by atoms with Crippen molar-refractivity contribution in [2.24, 2.45) is 0 Å². The van der Waals surface area contributed by atoms with Gasteiger partial charge in [-0.15, -0.1) is 0 Å². The Hall–Kier alpha value is -1.35. The Labute approximate surface area is 188 Å². The molecule has 0 radical (unpaired) electrons. The van der Waals surface area contributed by atoms with Gasteiger partial charge in [-0.3, -0.25) is 0 Å². The number of aliphatic hydroxyl groups excluding tert-OH is 2. The normalized spacial score (nSPS) is 17.5. The maximum atomic E-state index is 14.0. The molecule has 0 saturated carbocycles. The van der Waals surface area contributed by atoms with E-state index < -0.39 is 79.3 Å². The second-order valence-corrected chi connectivity index (χ2v) is 6.78. The van der Waals surface area contributed by atoms with Gasteiger partial charge in [0, 0.05) is 13.2 Å². The molecule has 0 aromatic rings. The highest BCUT2D eigenvalue weighted by Crippen LogP contribution is 2.64. The third-order valence-electron chi connectivity index (χ3n) is 4.38. The number of aliphatic hydroxyl groups is 2. The molecule has 2 N–H and O–H groups in total. The Morgan fingerprint density at radius 2 is 0.778 bits per heavy atom. The first kappa shape index (κ1) is 34.6. The molecule has 0 unspecified atom stereocenters. The lowest BCUT2D eigenvalue weighted by molar-refractivity contribution is -0.465. The molecule has 0 bridgehead atoms. The fraction of sp³-hybridized carbons (Fsp3) is 1.00. The van der Waals surface area contributed by atoms with Crippen molar-refractivity contribution in [2.75, 3.05) is 13.2 Å². The Balaban J connectivity index is 6.73. The molecular formula is C15H15F17O4. The minimum Gasteiger partial charge on any atom is -0.385 e. The molecule has 218 valence electrons. The van der Waals surface area contributed by atoms with Crippen molar-refractivity contribution >= 4 is 0 Å². The van der Waals surface area contributed by atoms with Crippen LogP contribution in [0.15, 0.2) is 0 Å². The van der Waals surface area contributed by atoms with E-state index in [-0.39, 0.29) is 0 Å². The molecule has 0 fully saturated rings. The molecule has 0 aromatic carbocycles. The zero-order valence-electron chi connectivity index (χ0n) is 17.3.